The third kappa shape index (κ3) is 3.83. The first kappa shape index (κ1) is 13.6. The smallest absolute Gasteiger partial charge is 0.164 e. The predicted molar refractivity (Wildman–Crippen MR) is 68.4 cm³/mol. The maximum Gasteiger partial charge on any atom is 0.164 e. The van der Waals surface area contributed by atoms with Crippen LogP contribution in [0.3, 0.4) is 0 Å². The summed E-state index contributed by atoms with van der Waals surface area (Å²) in [5, 5.41) is 11.7. The molecule has 2 rings (SSSR count). The SMILES string of the molecule is CCn1ncnc1Cn1cnc(CNCCOC)n1. The average Bonchev–Trinajstić information content (AvgIpc) is 3.04. The van der Waals surface area contributed by atoms with Gasteiger partial charge in [0.05, 0.1) is 13.2 Å². The molecule has 2 aromatic heterocycles. The molecule has 0 saturated heterocycles. The molecule has 0 aromatic carbocycles. The van der Waals surface area contributed by atoms with E-state index in [1.807, 2.05) is 11.6 Å². The van der Waals surface area contributed by atoms with Crippen LogP contribution in [0.4, 0.5) is 0 Å². The van der Waals surface area contributed by atoms with Gasteiger partial charge in [0.25, 0.3) is 0 Å². The molecule has 0 radical (unpaired) electrons. The Labute approximate surface area is 111 Å². The van der Waals surface area contributed by atoms with Crippen LogP contribution in [-0.2, 0) is 24.4 Å². The van der Waals surface area contributed by atoms with Crippen LogP contribution in [0.15, 0.2) is 12.7 Å². The summed E-state index contributed by atoms with van der Waals surface area (Å²) in [5.41, 5.74) is 0. The highest BCUT2D eigenvalue weighted by Crippen LogP contribution is 1.98. The molecule has 8 heteroatoms. The quantitative estimate of drug-likeness (QED) is 0.658. The van der Waals surface area contributed by atoms with E-state index in [-0.39, 0.29) is 0 Å². The Morgan fingerprint density at radius 2 is 2.26 bits per heavy atom. The maximum atomic E-state index is 4.95. The van der Waals surface area contributed by atoms with Crippen molar-refractivity contribution in [2.45, 2.75) is 26.6 Å². The predicted octanol–water partition coefficient (Wildman–Crippen LogP) is -0.326. The van der Waals surface area contributed by atoms with Gasteiger partial charge in [-0.1, -0.05) is 0 Å². The number of ether oxygens (including phenoxy) is 1. The van der Waals surface area contributed by atoms with Gasteiger partial charge in [-0.25, -0.2) is 19.3 Å². The fourth-order valence-electron chi connectivity index (χ4n) is 1.68. The first-order valence-electron chi connectivity index (χ1n) is 6.28. The zero-order valence-corrected chi connectivity index (χ0v) is 11.3. The molecule has 8 nitrogen and oxygen atoms in total. The number of aromatic nitrogens is 6. The lowest BCUT2D eigenvalue weighted by Gasteiger charge is -2.02. The van der Waals surface area contributed by atoms with Gasteiger partial charge in [-0.15, -0.1) is 0 Å². The van der Waals surface area contributed by atoms with E-state index < -0.39 is 0 Å². The highest BCUT2D eigenvalue weighted by Gasteiger charge is 2.06. The molecule has 0 unspecified atom stereocenters. The van der Waals surface area contributed by atoms with Gasteiger partial charge in [0.15, 0.2) is 5.82 Å². The van der Waals surface area contributed by atoms with Gasteiger partial charge >= 0.3 is 0 Å². The van der Waals surface area contributed by atoms with Gasteiger partial charge in [-0.05, 0) is 6.92 Å². The zero-order chi connectivity index (χ0) is 13.5. The van der Waals surface area contributed by atoms with Crippen molar-refractivity contribution in [1.29, 1.82) is 0 Å². The van der Waals surface area contributed by atoms with Gasteiger partial charge in [0, 0.05) is 20.2 Å². The molecule has 0 saturated carbocycles. The Morgan fingerprint density at radius 3 is 3.05 bits per heavy atom. The van der Waals surface area contributed by atoms with Gasteiger partial charge in [-0.2, -0.15) is 10.2 Å². The number of aryl methyl sites for hydroxylation is 1. The Kier molecular flexibility index (Phi) is 4.99. The number of hydrogen-bond acceptors (Lipinski definition) is 6. The van der Waals surface area contributed by atoms with Crippen molar-refractivity contribution < 1.29 is 4.74 Å². The van der Waals surface area contributed by atoms with Crippen LogP contribution in [0.2, 0.25) is 0 Å². The fourth-order valence-corrected chi connectivity index (χ4v) is 1.68. The molecular formula is C11H19N7O. The molecule has 0 amide bonds. The van der Waals surface area contributed by atoms with Crippen molar-refractivity contribution >= 4 is 0 Å². The Morgan fingerprint density at radius 1 is 1.37 bits per heavy atom. The molecule has 0 aliphatic rings. The second kappa shape index (κ2) is 6.95. The average molecular weight is 265 g/mol. The molecule has 2 heterocycles. The van der Waals surface area contributed by atoms with Crippen LogP contribution in [-0.4, -0.2) is 49.8 Å². The molecule has 1 N–H and O–H groups in total. The monoisotopic (exact) mass is 265 g/mol. The van der Waals surface area contributed by atoms with Crippen molar-refractivity contribution in [2.24, 2.45) is 0 Å². The van der Waals surface area contributed by atoms with Crippen molar-refractivity contribution in [1.82, 2.24) is 34.8 Å². The molecule has 0 aliphatic heterocycles. The van der Waals surface area contributed by atoms with Crippen LogP contribution in [0.1, 0.15) is 18.6 Å². The molecular weight excluding hydrogens is 246 g/mol. The molecule has 0 spiro atoms. The zero-order valence-electron chi connectivity index (χ0n) is 11.3. The minimum atomic E-state index is 0.582. The summed E-state index contributed by atoms with van der Waals surface area (Å²) >= 11 is 0. The van der Waals surface area contributed by atoms with Crippen LogP contribution in [0, 0.1) is 0 Å². The summed E-state index contributed by atoms with van der Waals surface area (Å²) in [5.74, 6) is 1.64. The van der Waals surface area contributed by atoms with Gasteiger partial charge < -0.3 is 10.1 Å². The fraction of sp³-hybridized carbons (Fsp3) is 0.636. The van der Waals surface area contributed by atoms with E-state index >= 15 is 0 Å². The molecule has 104 valence electrons. The van der Waals surface area contributed by atoms with Crippen LogP contribution in [0.5, 0.6) is 0 Å². The first-order valence-corrected chi connectivity index (χ1v) is 6.28. The van der Waals surface area contributed by atoms with Crippen molar-refractivity contribution in [3.8, 4) is 0 Å². The van der Waals surface area contributed by atoms with Crippen molar-refractivity contribution in [2.75, 3.05) is 20.3 Å². The van der Waals surface area contributed by atoms with Crippen LogP contribution >= 0.6 is 0 Å². The topological polar surface area (TPSA) is 82.7 Å². The number of nitrogens with one attached hydrogen (secondary N) is 1. The summed E-state index contributed by atoms with van der Waals surface area (Å²) < 4.78 is 8.57. The second-order valence-electron chi connectivity index (χ2n) is 4.02. The molecule has 19 heavy (non-hydrogen) atoms. The van der Waals surface area contributed by atoms with Crippen molar-refractivity contribution in [3.63, 3.8) is 0 Å². The van der Waals surface area contributed by atoms with E-state index in [4.69, 9.17) is 4.74 Å². The minimum Gasteiger partial charge on any atom is -0.383 e. The molecule has 0 aliphatic carbocycles. The Bertz CT molecular complexity index is 493. The van der Waals surface area contributed by atoms with E-state index in [9.17, 15) is 0 Å². The molecule has 2 aromatic rings. The normalized spacial score (nSPS) is 11.1. The molecule has 0 atom stereocenters. The lowest BCUT2D eigenvalue weighted by molar-refractivity contribution is 0.199. The van der Waals surface area contributed by atoms with Gasteiger partial charge in [0.1, 0.15) is 25.0 Å². The summed E-state index contributed by atoms with van der Waals surface area (Å²) in [4.78, 5) is 8.45. The van der Waals surface area contributed by atoms with E-state index in [0.717, 1.165) is 24.7 Å². The third-order valence-corrected chi connectivity index (χ3v) is 2.65. The Balaban J connectivity index is 1.87. The number of rotatable bonds is 8. The second-order valence-corrected chi connectivity index (χ2v) is 4.02. The van der Waals surface area contributed by atoms with E-state index in [1.54, 1.807) is 24.4 Å². The lowest BCUT2D eigenvalue weighted by Crippen LogP contribution is -2.19. The van der Waals surface area contributed by atoms with E-state index in [0.29, 0.717) is 19.7 Å². The number of nitrogens with zero attached hydrogens (tertiary/aromatic N) is 6. The minimum absolute atomic E-state index is 0.582. The van der Waals surface area contributed by atoms with Gasteiger partial charge in [0.2, 0.25) is 0 Å². The maximum absolute atomic E-state index is 4.95. The molecule has 0 bridgehead atoms. The highest BCUT2D eigenvalue weighted by atomic mass is 16.5. The highest BCUT2D eigenvalue weighted by molar-refractivity contribution is 4.88. The number of hydrogen-bond donors (Lipinski definition) is 1. The standard InChI is InChI=1S/C11H19N7O/c1-3-18-11(13-8-15-18)7-17-9-14-10(16-17)6-12-4-5-19-2/h8-9,12H,3-7H2,1-2H3. The Hall–Kier alpha value is -1.80. The summed E-state index contributed by atoms with van der Waals surface area (Å²) in [6, 6.07) is 0. The van der Waals surface area contributed by atoms with E-state index in [2.05, 4.69) is 25.5 Å². The van der Waals surface area contributed by atoms with E-state index in [1.165, 1.54) is 0 Å². The summed E-state index contributed by atoms with van der Waals surface area (Å²) in [6.07, 6.45) is 3.27. The first-order chi connectivity index (χ1) is 9.33. The largest absolute Gasteiger partial charge is 0.383 e. The molecule has 0 fully saturated rings. The van der Waals surface area contributed by atoms with Crippen LogP contribution in [0.25, 0.3) is 0 Å². The number of methoxy groups -OCH3 is 1. The van der Waals surface area contributed by atoms with Crippen LogP contribution < -0.4 is 5.32 Å². The lowest BCUT2D eigenvalue weighted by atomic mass is 10.5. The summed E-state index contributed by atoms with van der Waals surface area (Å²) in [6.45, 7) is 5.52. The third-order valence-electron chi connectivity index (χ3n) is 2.65. The summed E-state index contributed by atoms with van der Waals surface area (Å²) in [7, 11) is 1.68. The van der Waals surface area contributed by atoms with Crippen molar-refractivity contribution in [3.05, 3.63) is 24.3 Å². The van der Waals surface area contributed by atoms with Gasteiger partial charge in [-0.3, -0.25) is 0 Å².